The number of amides is 1. The van der Waals surface area contributed by atoms with E-state index in [2.05, 4.69) is 15.7 Å². The van der Waals surface area contributed by atoms with Crippen molar-refractivity contribution in [2.45, 2.75) is 25.7 Å². The second-order valence-corrected chi connectivity index (χ2v) is 6.72. The lowest BCUT2D eigenvalue weighted by molar-refractivity contribution is -0.126. The van der Waals surface area contributed by atoms with E-state index >= 15 is 0 Å². The van der Waals surface area contributed by atoms with Gasteiger partial charge in [0.15, 0.2) is 11.5 Å². The molecule has 1 atom stereocenters. The van der Waals surface area contributed by atoms with Crippen LogP contribution in [0.25, 0.3) is 0 Å². The van der Waals surface area contributed by atoms with Crippen LogP contribution in [0.5, 0.6) is 11.5 Å². The highest BCUT2D eigenvalue weighted by molar-refractivity contribution is 5.83. The second kappa shape index (κ2) is 6.97. The maximum atomic E-state index is 12.8. The van der Waals surface area contributed by atoms with Gasteiger partial charge >= 0.3 is 0 Å². The van der Waals surface area contributed by atoms with Crippen molar-refractivity contribution in [2.75, 3.05) is 27.4 Å². The first kappa shape index (κ1) is 16.9. The fourth-order valence-electron chi connectivity index (χ4n) is 3.38. The predicted octanol–water partition coefficient (Wildman–Crippen LogP) is 0.634. The van der Waals surface area contributed by atoms with Crippen molar-refractivity contribution in [1.82, 2.24) is 25.3 Å². The van der Waals surface area contributed by atoms with Crippen molar-refractivity contribution < 1.29 is 14.3 Å². The molecule has 1 aromatic heterocycles. The lowest BCUT2D eigenvalue weighted by Crippen LogP contribution is -2.36. The van der Waals surface area contributed by atoms with Crippen molar-refractivity contribution >= 4 is 5.91 Å². The number of ether oxygens (including phenoxy) is 2. The summed E-state index contributed by atoms with van der Waals surface area (Å²) < 4.78 is 12.8. The van der Waals surface area contributed by atoms with E-state index in [0.29, 0.717) is 18.0 Å². The number of nitrogens with zero attached hydrogens (tertiary/aromatic N) is 3. The number of nitrogens with one attached hydrogen (secondary N) is 2. The van der Waals surface area contributed by atoms with Crippen molar-refractivity contribution in [3.8, 4) is 11.5 Å². The van der Waals surface area contributed by atoms with E-state index in [4.69, 9.17) is 9.47 Å². The summed E-state index contributed by atoms with van der Waals surface area (Å²) in [5.41, 5.74) is 2.89. The normalized spacial score (nSPS) is 16.4. The smallest absolute Gasteiger partial charge is 0.242 e. The molecule has 2 aliphatic rings. The van der Waals surface area contributed by atoms with Gasteiger partial charge in [-0.25, -0.2) is 0 Å². The van der Waals surface area contributed by atoms with Crippen LogP contribution in [0.2, 0.25) is 0 Å². The summed E-state index contributed by atoms with van der Waals surface area (Å²) in [5, 5.41) is 10.9. The highest BCUT2D eigenvalue weighted by atomic mass is 16.7. The molecule has 0 radical (unpaired) electrons. The first-order valence-electron chi connectivity index (χ1n) is 8.72. The molecule has 1 aromatic carbocycles. The van der Waals surface area contributed by atoms with Crippen LogP contribution in [0, 0.1) is 0 Å². The van der Waals surface area contributed by atoms with Crippen LogP contribution in [0.1, 0.15) is 23.0 Å². The summed E-state index contributed by atoms with van der Waals surface area (Å²) in [7, 11) is 3.77. The number of hydrogen-bond donors (Lipinski definition) is 2. The molecule has 8 heteroatoms. The van der Waals surface area contributed by atoms with Gasteiger partial charge in [0.2, 0.25) is 12.7 Å². The molecule has 26 heavy (non-hydrogen) atoms. The molecular weight excluding hydrogens is 334 g/mol. The quantitative estimate of drug-likeness (QED) is 0.817. The summed E-state index contributed by atoms with van der Waals surface area (Å²) >= 11 is 0. The molecule has 2 N–H and O–H groups in total. The fourth-order valence-corrected chi connectivity index (χ4v) is 3.38. The van der Waals surface area contributed by atoms with Gasteiger partial charge in [-0.05, 0) is 37.9 Å². The van der Waals surface area contributed by atoms with Crippen LogP contribution in [-0.4, -0.2) is 48.0 Å². The van der Waals surface area contributed by atoms with Crippen molar-refractivity contribution in [3.05, 3.63) is 41.2 Å². The Morgan fingerprint density at radius 1 is 1.35 bits per heavy atom. The topological polar surface area (TPSA) is 80.7 Å². The van der Waals surface area contributed by atoms with Gasteiger partial charge in [-0.2, -0.15) is 5.10 Å². The number of benzene rings is 1. The first-order chi connectivity index (χ1) is 12.6. The third-order valence-electron chi connectivity index (χ3n) is 4.64. The van der Waals surface area contributed by atoms with Gasteiger partial charge in [-0.15, -0.1) is 0 Å². The van der Waals surface area contributed by atoms with Gasteiger partial charge in [-0.3, -0.25) is 14.4 Å². The molecule has 3 heterocycles. The van der Waals surface area contributed by atoms with Crippen LogP contribution < -0.4 is 20.1 Å². The molecule has 1 unspecified atom stereocenters. The summed E-state index contributed by atoms with van der Waals surface area (Å²) in [6, 6.07) is 7.24. The molecule has 0 bridgehead atoms. The Bertz CT molecular complexity index is 794. The molecular formula is C18H23N5O3. The van der Waals surface area contributed by atoms with E-state index in [-0.39, 0.29) is 12.7 Å². The average molecular weight is 357 g/mol. The molecule has 4 rings (SSSR count). The Hall–Kier alpha value is -2.58. The largest absolute Gasteiger partial charge is 0.454 e. The second-order valence-electron chi connectivity index (χ2n) is 6.72. The average Bonchev–Trinajstić information content (AvgIpc) is 3.25. The highest BCUT2D eigenvalue weighted by Crippen LogP contribution is 2.35. The minimum Gasteiger partial charge on any atom is -0.454 e. The Morgan fingerprint density at radius 3 is 3.00 bits per heavy atom. The predicted molar refractivity (Wildman–Crippen MR) is 94.8 cm³/mol. The van der Waals surface area contributed by atoms with E-state index in [9.17, 15) is 4.79 Å². The van der Waals surface area contributed by atoms with E-state index in [0.717, 1.165) is 36.6 Å². The van der Waals surface area contributed by atoms with Gasteiger partial charge in [0.25, 0.3) is 0 Å². The first-order valence-corrected chi connectivity index (χ1v) is 8.72. The molecule has 1 amide bonds. The highest BCUT2D eigenvalue weighted by Gasteiger charge is 2.25. The minimum absolute atomic E-state index is 0.0713. The number of rotatable bonds is 5. The molecule has 2 aliphatic heterocycles. The van der Waals surface area contributed by atoms with Crippen LogP contribution in [0.3, 0.4) is 0 Å². The molecule has 0 fully saturated rings. The maximum absolute atomic E-state index is 12.8. The maximum Gasteiger partial charge on any atom is 0.242 e. The molecule has 0 aliphatic carbocycles. The summed E-state index contributed by atoms with van der Waals surface area (Å²) in [4.78, 5) is 14.7. The Morgan fingerprint density at radius 2 is 2.19 bits per heavy atom. The number of hydrogen-bond acceptors (Lipinski definition) is 6. The summed E-state index contributed by atoms with van der Waals surface area (Å²) in [5.74, 6) is 1.32. The van der Waals surface area contributed by atoms with Crippen molar-refractivity contribution in [1.29, 1.82) is 0 Å². The number of carbonyl (C=O) groups is 1. The van der Waals surface area contributed by atoms with Crippen LogP contribution in [0.15, 0.2) is 24.3 Å². The van der Waals surface area contributed by atoms with E-state index in [1.807, 2.05) is 47.9 Å². The van der Waals surface area contributed by atoms with Crippen LogP contribution in [0.4, 0.5) is 0 Å². The zero-order valence-electron chi connectivity index (χ0n) is 15.0. The molecule has 8 nitrogen and oxygen atoms in total. The van der Waals surface area contributed by atoms with E-state index in [1.165, 1.54) is 0 Å². The standard InChI is InChI=1S/C18H23N5O3/c1-22(2)17(12-3-4-15-16(7-12)26-11-25-15)18(24)20-9-13-8-14-10-19-5-6-23(14)21-13/h3-4,7-8,17,19H,5-6,9-11H2,1-2H3,(H,20,24). The third kappa shape index (κ3) is 3.25. The summed E-state index contributed by atoms with van der Waals surface area (Å²) in [6.07, 6.45) is 0. The molecule has 138 valence electrons. The SMILES string of the molecule is CN(C)C(C(=O)NCc1cc2n(n1)CCNC2)c1ccc2c(c1)OCO2. The lowest BCUT2D eigenvalue weighted by atomic mass is 10.0. The Kier molecular flexibility index (Phi) is 4.52. The fraction of sp³-hybridized carbons (Fsp3) is 0.444. The molecule has 0 saturated heterocycles. The summed E-state index contributed by atoms with van der Waals surface area (Å²) in [6.45, 7) is 3.23. The Balaban J connectivity index is 1.46. The lowest BCUT2D eigenvalue weighted by Gasteiger charge is -2.23. The molecule has 0 spiro atoms. The zero-order valence-corrected chi connectivity index (χ0v) is 15.0. The van der Waals surface area contributed by atoms with Crippen LogP contribution >= 0.6 is 0 Å². The van der Waals surface area contributed by atoms with Gasteiger partial charge in [0, 0.05) is 13.1 Å². The minimum atomic E-state index is -0.414. The third-order valence-corrected chi connectivity index (χ3v) is 4.64. The van der Waals surface area contributed by atoms with E-state index in [1.54, 1.807) is 0 Å². The van der Waals surface area contributed by atoms with E-state index < -0.39 is 6.04 Å². The number of likely N-dealkylation sites (N-methyl/N-ethyl adjacent to an activating group) is 1. The number of carbonyl (C=O) groups excluding carboxylic acids is 1. The number of fused-ring (bicyclic) bond motifs is 2. The van der Waals surface area contributed by atoms with Gasteiger partial charge in [0.1, 0.15) is 6.04 Å². The monoisotopic (exact) mass is 357 g/mol. The molecule has 0 saturated carbocycles. The zero-order chi connectivity index (χ0) is 18.1. The van der Waals surface area contributed by atoms with Gasteiger partial charge in [0.05, 0.1) is 24.5 Å². The number of aromatic nitrogens is 2. The Labute approximate surface area is 152 Å². The molecule has 2 aromatic rings. The van der Waals surface area contributed by atoms with Crippen LogP contribution in [-0.2, 0) is 24.4 Å². The van der Waals surface area contributed by atoms with Gasteiger partial charge < -0.3 is 20.1 Å². The van der Waals surface area contributed by atoms with Crippen molar-refractivity contribution in [3.63, 3.8) is 0 Å². The van der Waals surface area contributed by atoms with Gasteiger partial charge in [-0.1, -0.05) is 6.07 Å². The van der Waals surface area contributed by atoms with Crippen molar-refractivity contribution in [2.24, 2.45) is 0 Å².